The highest BCUT2D eigenvalue weighted by Crippen LogP contribution is 2.28. The lowest BCUT2D eigenvalue weighted by atomic mass is 10.2. The summed E-state index contributed by atoms with van der Waals surface area (Å²) in [7, 11) is 0. The van der Waals surface area contributed by atoms with Crippen molar-refractivity contribution >= 4 is 23.3 Å². The summed E-state index contributed by atoms with van der Waals surface area (Å²) in [6, 6.07) is 11.5. The molecule has 0 atom stereocenters. The normalized spacial score (nSPS) is 13.6. The van der Waals surface area contributed by atoms with E-state index < -0.39 is 0 Å². The molecule has 150 valence electrons. The number of anilines is 1. The topological polar surface area (TPSA) is 71.3 Å². The van der Waals surface area contributed by atoms with E-state index in [1.165, 1.54) is 12.8 Å². The Morgan fingerprint density at radius 2 is 1.93 bits per heavy atom. The Morgan fingerprint density at radius 3 is 2.69 bits per heavy atom. The molecule has 1 N–H and O–H groups in total. The van der Waals surface area contributed by atoms with E-state index in [4.69, 9.17) is 16.0 Å². The number of hydrogen-bond donors (Lipinski definition) is 1. The molecule has 1 aliphatic rings. The van der Waals surface area contributed by atoms with E-state index >= 15 is 0 Å². The number of halogens is 1. The maximum Gasteiger partial charge on any atom is 0.220 e. The first-order valence-electron chi connectivity index (χ1n) is 9.85. The Balaban J connectivity index is 1.25. The van der Waals surface area contributed by atoms with Crippen molar-refractivity contribution in [3.8, 4) is 11.3 Å². The molecule has 7 heteroatoms. The van der Waals surface area contributed by atoms with Gasteiger partial charge in [-0.25, -0.2) is 9.97 Å². The third kappa shape index (κ3) is 4.95. The molecule has 0 unspecified atom stereocenters. The van der Waals surface area contributed by atoms with E-state index in [2.05, 4.69) is 20.2 Å². The van der Waals surface area contributed by atoms with Gasteiger partial charge in [-0.05, 0) is 36.6 Å². The molecule has 1 aromatic carbocycles. The first kappa shape index (κ1) is 19.5. The number of benzene rings is 1. The van der Waals surface area contributed by atoms with Gasteiger partial charge in [0.05, 0.1) is 11.2 Å². The van der Waals surface area contributed by atoms with Crippen LogP contribution in [0.5, 0.6) is 0 Å². The van der Waals surface area contributed by atoms with Crippen molar-refractivity contribution in [2.75, 3.05) is 18.0 Å². The lowest BCUT2D eigenvalue weighted by Gasteiger charge is -2.16. The predicted octanol–water partition coefficient (Wildman–Crippen LogP) is 4.24. The zero-order valence-electron chi connectivity index (χ0n) is 16.1. The van der Waals surface area contributed by atoms with Gasteiger partial charge >= 0.3 is 0 Å². The highest BCUT2D eigenvalue weighted by Gasteiger charge is 2.13. The first-order valence-corrected chi connectivity index (χ1v) is 10.2. The molecule has 4 rings (SSSR count). The van der Waals surface area contributed by atoms with Crippen LogP contribution in [0.4, 0.5) is 5.82 Å². The number of hydrogen-bond acceptors (Lipinski definition) is 5. The Kier molecular flexibility index (Phi) is 6.10. The minimum atomic E-state index is -0.0499. The van der Waals surface area contributed by atoms with Crippen molar-refractivity contribution in [3.05, 3.63) is 65.3 Å². The van der Waals surface area contributed by atoms with Gasteiger partial charge in [0.1, 0.15) is 5.82 Å². The lowest BCUT2D eigenvalue weighted by molar-refractivity contribution is -0.121. The predicted molar refractivity (Wildman–Crippen MR) is 113 cm³/mol. The molecule has 0 radical (unpaired) electrons. The van der Waals surface area contributed by atoms with Gasteiger partial charge in [0.2, 0.25) is 5.91 Å². The fraction of sp³-hybridized carbons (Fsp3) is 0.318. The van der Waals surface area contributed by atoms with Crippen LogP contribution in [-0.4, -0.2) is 29.0 Å². The Labute approximate surface area is 174 Å². The second kappa shape index (κ2) is 9.09. The van der Waals surface area contributed by atoms with Gasteiger partial charge in [-0.15, -0.1) is 0 Å². The highest BCUT2D eigenvalue weighted by atomic mass is 35.5. The van der Waals surface area contributed by atoms with Gasteiger partial charge in [-0.3, -0.25) is 4.79 Å². The number of amides is 1. The summed E-state index contributed by atoms with van der Waals surface area (Å²) in [5, 5.41) is 3.53. The molecule has 2 aromatic heterocycles. The molecule has 0 bridgehead atoms. The molecule has 1 fully saturated rings. The summed E-state index contributed by atoms with van der Waals surface area (Å²) in [5.41, 5.74) is 1.78. The SMILES string of the molecule is O=C(CCc1ncc(-c2ccccc2Cl)o1)NCc1ccc(N2CCCC2)nc1. The molecule has 0 spiro atoms. The van der Waals surface area contributed by atoms with E-state index in [9.17, 15) is 4.79 Å². The molecule has 1 aliphatic heterocycles. The smallest absolute Gasteiger partial charge is 0.220 e. The number of pyridine rings is 1. The number of aromatic nitrogens is 2. The number of carbonyl (C=O) groups excluding carboxylic acids is 1. The number of nitrogens with zero attached hydrogens (tertiary/aromatic N) is 3. The van der Waals surface area contributed by atoms with Crippen LogP contribution in [0, 0.1) is 0 Å². The molecule has 0 aliphatic carbocycles. The third-order valence-electron chi connectivity index (χ3n) is 4.99. The average Bonchev–Trinajstić information content (AvgIpc) is 3.44. The number of oxazole rings is 1. The van der Waals surface area contributed by atoms with Crippen LogP contribution in [0.25, 0.3) is 11.3 Å². The summed E-state index contributed by atoms with van der Waals surface area (Å²) < 4.78 is 5.74. The quantitative estimate of drug-likeness (QED) is 0.630. The molecule has 0 saturated carbocycles. The summed E-state index contributed by atoms with van der Waals surface area (Å²) in [4.78, 5) is 23.2. The molecular formula is C22H23ClN4O2. The van der Waals surface area contributed by atoms with Gasteiger partial charge in [0, 0.05) is 44.2 Å². The number of rotatable bonds is 7. The standard InChI is InChI=1S/C22H23ClN4O2/c23-18-6-2-1-5-17(18)19-15-26-22(29-19)10-9-21(28)25-14-16-7-8-20(24-13-16)27-11-3-4-12-27/h1-2,5-8,13,15H,3-4,9-12,14H2,(H,25,28). The van der Waals surface area contributed by atoms with Crippen LogP contribution < -0.4 is 10.2 Å². The van der Waals surface area contributed by atoms with Gasteiger partial charge in [0.25, 0.3) is 0 Å². The maximum atomic E-state index is 12.2. The van der Waals surface area contributed by atoms with E-state index in [-0.39, 0.29) is 5.91 Å². The zero-order valence-corrected chi connectivity index (χ0v) is 16.9. The Bertz CT molecular complexity index is 965. The average molecular weight is 411 g/mol. The maximum absolute atomic E-state index is 12.2. The molecule has 3 heterocycles. The third-order valence-corrected chi connectivity index (χ3v) is 5.32. The summed E-state index contributed by atoms with van der Waals surface area (Å²) in [6.07, 6.45) is 6.66. The van der Waals surface area contributed by atoms with E-state index in [1.807, 2.05) is 36.5 Å². The van der Waals surface area contributed by atoms with E-state index in [0.717, 1.165) is 30.0 Å². The summed E-state index contributed by atoms with van der Waals surface area (Å²) in [6.45, 7) is 2.60. The summed E-state index contributed by atoms with van der Waals surface area (Å²) in [5.74, 6) is 2.09. The molecule has 1 saturated heterocycles. The minimum Gasteiger partial charge on any atom is -0.441 e. The van der Waals surface area contributed by atoms with Crippen molar-refractivity contribution in [2.24, 2.45) is 0 Å². The largest absolute Gasteiger partial charge is 0.441 e. The van der Waals surface area contributed by atoms with Crippen LogP contribution in [0.3, 0.4) is 0 Å². The summed E-state index contributed by atoms with van der Waals surface area (Å²) >= 11 is 6.18. The van der Waals surface area contributed by atoms with Crippen molar-refractivity contribution < 1.29 is 9.21 Å². The second-order valence-corrected chi connectivity index (χ2v) is 7.50. The fourth-order valence-electron chi connectivity index (χ4n) is 3.38. The van der Waals surface area contributed by atoms with Crippen molar-refractivity contribution in [1.29, 1.82) is 0 Å². The van der Waals surface area contributed by atoms with Crippen LogP contribution in [0.15, 0.2) is 53.2 Å². The molecule has 29 heavy (non-hydrogen) atoms. The van der Waals surface area contributed by atoms with Gasteiger partial charge in [-0.1, -0.05) is 29.8 Å². The van der Waals surface area contributed by atoms with E-state index in [0.29, 0.717) is 36.1 Å². The molecule has 3 aromatic rings. The molecular weight excluding hydrogens is 388 g/mol. The van der Waals surface area contributed by atoms with Crippen molar-refractivity contribution in [1.82, 2.24) is 15.3 Å². The van der Waals surface area contributed by atoms with Gasteiger partial charge in [-0.2, -0.15) is 0 Å². The van der Waals surface area contributed by atoms with Crippen LogP contribution >= 0.6 is 11.6 Å². The Hall–Kier alpha value is -2.86. The van der Waals surface area contributed by atoms with Crippen LogP contribution in [0.1, 0.15) is 30.7 Å². The van der Waals surface area contributed by atoms with Gasteiger partial charge in [0.15, 0.2) is 11.7 Å². The first-order chi connectivity index (χ1) is 14.2. The van der Waals surface area contributed by atoms with E-state index in [1.54, 1.807) is 12.3 Å². The number of carbonyl (C=O) groups is 1. The monoisotopic (exact) mass is 410 g/mol. The fourth-order valence-corrected chi connectivity index (χ4v) is 3.60. The molecule has 6 nitrogen and oxygen atoms in total. The van der Waals surface area contributed by atoms with Gasteiger partial charge < -0.3 is 14.6 Å². The van der Waals surface area contributed by atoms with Crippen LogP contribution in [-0.2, 0) is 17.8 Å². The zero-order chi connectivity index (χ0) is 20.1. The van der Waals surface area contributed by atoms with Crippen molar-refractivity contribution in [3.63, 3.8) is 0 Å². The Morgan fingerprint density at radius 1 is 1.10 bits per heavy atom. The highest BCUT2D eigenvalue weighted by molar-refractivity contribution is 6.33. The van der Waals surface area contributed by atoms with Crippen LogP contribution in [0.2, 0.25) is 5.02 Å². The second-order valence-electron chi connectivity index (χ2n) is 7.09. The number of nitrogens with one attached hydrogen (secondary N) is 1. The van der Waals surface area contributed by atoms with Crippen molar-refractivity contribution in [2.45, 2.75) is 32.2 Å². The molecule has 1 amide bonds. The lowest BCUT2D eigenvalue weighted by Crippen LogP contribution is -2.23. The minimum absolute atomic E-state index is 0.0499. The number of aryl methyl sites for hydroxylation is 1.